The van der Waals surface area contributed by atoms with Crippen LogP contribution in [0.4, 0.5) is 5.69 Å². The highest BCUT2D eigenvalue weighted by Gasteiger charge is 2.22. The molecule has 1 aliphatic heterocycles. The van der Waals surface area contributed by atoms with Crippen LogP contribution in [0.1, 0.15) is 5.56 Å². The monoisotopic (exact) mass is 392 g/mol. The number of nitrogens with zero attached hydrogens (tertiary/aromatic N) is 2. The number of piperazine rings is 1. The van der Waals surface area contributed by atoms with Crippen molar-refractivity contribution in [2.45, 2.75) is 6.42 Å². The molecule has 0 aromatic heterocycles. The third kappa shape index (κ3) is 3.88. The minimum absolute atomic E-state index is 0.177. The van der Waals surface area contributed by atoms with Crippen molar-refractivity contribution < 1.29 is 4.79 Å². The minimum atomic E-state index is 0.177. The summed E-state index contributed by atoms with van der Waals surface area (Å²) in [5.41, 5.74) is 2.08. The van der Waals surface area contributed by atoms with Gasteiger partial charge in [-0.2, -0.15) is 0 Å². The second-order valence-corrected chi connectivity index (χ2v) is 6.85. The smallest absolute Gasteiger partial charge is 0.227 e. The van der Waals surface area contributed by atoms with Gasteiger partial charge in [0.05, 0.1) is 17.1 Å². The summed E-state index contributed by atoms with van der Waals surface area (Å²) in [6.45, 7) is 3.08. The van der Waals surface area contributed by atoms with E-state index in [1.165, 1.54) is 0 Å². The Hall–Kier alpha value is -1.52. The van der Waals surface area contributed by atoms with Crippen LogP contribution in [0.2, 0.25) is 5.02 Å². The molecule has 0 radical (unpaired) electrons. The number of para-hydroxylation sites is 1. The fraction of sp³-hybridized carbons (Fsp3) is 0.278. The molecule has 3 rings (SSSR count). The molecule has 120 valence electrons. The lowest BCUT2D eigenvalue weighted by Crippen LogP contribution is -2.49. The van der Waals surface area contributed by atoms with Gasteiger partial charge in [-0.25, -0.2) is 0 Å². The molecule has 2 aromatic carbocycles. The Labute approximate surface area is 150 Å². The number of anilines is 1. The van der Waals surface area contributed by atoms with Gasteiger partial charge in [-0.1, -0.05) is 57.9 Å². The Balaban J connectivity index is 1.60. The van der Waals surface area contributed by atoms with Crippen molar-refractivity contribution in [3.63, 3.8) is 0 Å². The first kappa shape index (κ1) is 16.3. The van der Waals surface area contributed by atoms with Gasteiger partial charge in [0, 0.05) is 30.7 Å². The van der Waals surface area contributed by atoms with Crippen molar-refractivity contribution in [3.8, 4) is 0 Å². The first-order valence-electron chi connectivity index (χ1n) is 7.66. The molecule has 0 aliphatic carbocycles. The Bertz CT molecular complexity index is 699. The van der Waals surface area contributed by atoms with Crippen molar-refractivity contribution in [1.29, 1.82) is 0 Å². The number of carbonyl (C=O) groups excluding carboxylic acids is 1. The Kier molecular flexibility index (Phi) is 5.23. The van der Waals surface area contributed by atoms with Crippen molar-refractivity contribution in [1.82, 2.24) is 4.90 Å². The number of hydrogen-bond donors (Lipinski definition) is 0. The van der Waals surface area contributed by atoms with Crippen LogP contribution in [0.25, 0.3) is 0 Å². The molecule has 2 aromatic rings. The van der Waals surface area contributed by atoms with E-state index < -0.39 is 0 Å². The van der Waals surface area contributed by atoms with Crippen molar-refractivity contribution in [3.05, 3.63) is 63.6 Å². The molecule has 0 unspecified atom stereocenters. The fourth-order valence-electron chi connectivity index (χ4n) is 2.82. The fourth-order valence-corrected chi connectivity index (χ4v) is 3.50. The van der Waals surface area contributed by atoms with Gasteiger partial charge in [-0.15, -0.1) is 0 Å². The molecule has 5 heteroatoms. The van der Waals surface area contributed by atoms with Crippen LogP contribution >= 0.6 is 27.5 Å². The number of halogens is 2. The minimum Gasteiger partial charge on any atom is -0.367 e. The highest BCUT2D eigenvalue weighted by atomic mass is 79.9. The summed E-state index contributed by atoms with van der Waals surface area (Å²) in [5, 5.41) is 0.764. The molecular weight excluding hydrogens is 376 g/mol. The van der Waals surface area contributed by atoms with Crippen LogP contribution < -0.4 is 4.90 Å². The average molecular weight is 394 g/mol. The molecule has 1 fully saturated rings. The van der Waals surface area contributed by atoms with Crippen LogP contribution in [-0.2, 0) is 11.2 Å². The number of benzene rings is 2. The summed E-state index contributed by atoms with van der Waals surface area (Å²) in [5.74, 6) is 0.177. The highest BCUT2D eigenvalue weighted by Crippen LogP contribution is 2.26. The molecule has 3 nitrogen and oxygen atoms in total. The maximum absolute atomic E-state index is 12.5. The van der Waals surface area contributed by atoms with Gasteiger partial charge in [0.25, 0.3) is 0 Å². The Morgan fingerprint density at radius 1 is 1.00 bits per heavy atom. The van der Waals surface area contributed by atoms with E-state index >= 15 is 0 Å². The lowest BCUT2D eigenvalue weighted by atomic mass is 10.1. The van der Waals surface area contributed by atoms with E-state index in [1.807, 2.05) is 53.4 Å². The summed E-state index contributed by atoms with van der Waals surface area (Å²) in [6, 6.07) is 15.7. The Morgan fingerprint density at radius 2 is 1.65 bits per heavy atom. The van der Waals surface area contributed by atoms with E-state index in [2.05, 4.69) is 20.8 Å². The van der Waals surface area contributed by atoms with Gasteiger partial charge in [-0.3, -0.25) is 4.79 Å². The zero-order chi connectivity index (χ0) is 16.2. The van der Waals surface area contributed by atoms with Gasteiger partial charge in [-0.05, 0) is 23.8 Å². The summed E-state index contributed by atoms with van der Waals surface area (Å²) >= 11 is 9.76. The molecule has 0 N–H and O–H groups in total. The van der Waals surface area contributed by atoms with Gasteiger partial charge in [0.2, 0.25) is 5.91 Å². The zero-order valence-corrected chi connectivity index (χ0v) is 15.1. The second kappa shape index (κ2) is 7.37. The molecule has 1 amide bonds. The molecule has 1 heterocycles. The summed E-state index contributed by atoms with van der Waals surface area (Å²) in [6.07, 6.45) is 0.438. The maximum atomic E-state index is 12.5. The normalized spacial score (nSPS) is 14.9. The molecule has 1 saturated heterocycles. The van der Waals surface area contributed by atoms with Crippen LogP contribution in [0.5, 0.6) is 0 Å². The summed E-state index contributed by atoms with van der Waals surface area (Å²) < 4.78 is 0.989. The summed E-state index contributed by atoms with van der Waals surface area (Å²) in [4.78, 5) is 16.7. The zero-order valence-electron chi connectivity index (χ0n) is 12.7. The van der Waals surface area contributed by atoms with Crippen LogP contribution in [0, 0.1) is 0 Å². The topological polar surface area (TPSA) is 23.6 Å². The Morgan fingerprint density at radius 3 is 2.35 bits per heavy atom. The van der Waals surface area contributed by atoms with Crippen LogP contribution in [0.3, 0.4) is 0 Å². The molecule has 1 aliphatic rings. The van der Waals surface area contributed by atoms with Crippen molar-refractivity contribution in [2.75, 3.05) is 31.1 Å². The van der Waals surface area contributed by atoms with E-state index in [0.29, 0.717) is 6.42 Å². The molecule has 0 saturated carbocycles. The van der Waals surface area contributed by atoms with Gasteiger partial charge in [0.15, 0.2) is 0 Å². The van der Waals surface area contributed by atoms with Crippen LogP contribution in [-0.4, -0.2) is 37.0 Å². The number of hydrogen-bond acceptors (Lipinski definition) is 2. The van der Waals surface area contributed by atoms with Gasteiger partial charge < -0.3 is 9.80 Å². The number of rotatable bonds is 3. The third-order valence-electron chi connectivity index (χ3n) is 4.13. The largest absolute Gasteiger partial charge is 0.367 e. The first-order chi connectivity index (χ1) is 11.1. The number of carbonyl (C=O) groups is 1. The van der Waals surface area contributed by atoms with Gasteiger partial charge >= 0.3 is 0 Å². The van der Waals surface area contributed by atoms with E-state index in [0.717, 1.165) is 46.9 Å². The van der Waals surface area contributed by atoms with Crippen molar-refractivity contribution in [2.24, 2.45) is 0 Å². The lowest BCUT2D eigenvalue weighted by Gasteiger charge is -2.36. The summed E-state index contributed by atoms with van der Waals surface area (Å²) in [7, 11) is 0. The highest BCUT2D eigenvalue weighted by molar-refractivity contribution is 9.10. The quantitative estimate of drug-likeness (QED) is 0.787. The van der Waals surface area contributed by atoms with E-state index in [-0.39, 0.29) is 5.91 Å². The first-order valence-corrected chi connectivity index (χ1v) is 8.83. The second-order valence-electron chi connectivity index (χ2n) is 5.59. The van der Waals surface area contributed by atoms with E-state index in [1.54, 1.807) is 0 Å². The molecular formula is C18H18BrClN2O. The predicted molar refractivity (Wildman–Crippen MR) is 98.1 cm³/mol. The third-order valence-corrected chi connectivity index (χ3v) is 5.22. The van der Waals surface area contributed by atoms with E-state index in [4.69, 9.17) is 11.6 Å². The molecule has 23 heavy (non-hydrogen) atoms. The SMILES string of the molecule is O=C(Cc1ccccc1Br)N1CCN(c2ccccc2Cl)CC1. The van der Waals surface area contributed by atoms with E-state index in [9.17, 15) is 4.79 Å². The maximum Gasteiger partial charge on any atom is 0.227 e. The van der Waals surface area contributed by atoms with Crippen molar-refractivity contribution >= 4 is 39.1 Å². The van der Waals surface area contributed by atoms with Gasteiger partial charge in [0.1, 0.15) is 0 Å². The molecule has 0 spiro atoms. The molecule has 0 bridgehead atoms. The standard InChI is InChI=1S/C18H18BrClN2O/c19-15-6-2-1-5-14(15)13-18(23)22-11-9-21(10-12-22)17-8-4-3-7-16(17)20/h1-8H,9-13H2. The lowest BCUT2D eigenvalue weighted by molar-refractivity contribution is -0.130. The predicted octanol–water partition coefficient (Wildman–Crippen LogP) is 3.99. The average Bonchev–Trinajstić information content (AvgIpc) is 2.57. The van der Waals surface area contributed by atoms with Crippen LogP contribution in [0.15, 0.2) is 53.0 Å². The molecule has 0 atom stereocenters. The number of amides is 1.